The minimum Gasteiger partial charge on any atom is -0.364 e. The molecule has 0 spiro atoms. The first-order valence-corrected chi connectivity index (χ1v) is 5.86. The Morgan fingerprint density at radius 2 is 2.38 bits per heavy atom. The van der Waals surface area contributed by atoms with Crippen LogP contribution in [0.1, 0.15) is 18.4 Å². The minimum absolute atomic E-state index is 0.357. The van der Waals surface area contributed by atoms with Gasteiger partial charge in [0.05, 0.1) is 11.9 Å². The maximum absolute atomic E-state index is 13.1. The Labute approximate surface area is 94.7 Å². The highest BCUT2D eigenvalue weighted by Crippen LogP contribution is 2.28. The molecule has 1 aromatic rings. The maximum Gasteiger partial charge on any atom is 0.215 e. The van der Waals surface area contributed by atoms with Gasteiger partial charge in [-0.3, -0.25) is 0 Å². The summed E-state index contributed by atoms with van der Waals surface area (Å²) in [5.74, 6) is -0.357. The maximum atomic E-state index is 13.1. The van der Waals surface area contributed by atoms with Crippen LogP contribution >= 0.6 is 0 Å². The van der Waals surface area contributed by atoms with Crippen LogP contribution in [0.5, 0.6) is 0 Å². The molecular formula is C12H16FN3. The van der Waals surface area contributed by atoms with Gasteiger partial charge in [-0.15, -0.1) is 0 Å². The molecule has 3 aliphatic heterocycles. The molecule has 2 atom stereocenters. The Balaban J connectivity index is 1.89. The summed E-state index contributed by atoms with van der Waals surface area (Å²) in [6.45, 7) is 3.84. The van der Waals surface area contributed by atoms with E-state index < -0.39 is 0 Å². The summed E-state index contributed by atoms with van der Waals surface area (Å²) in [4.78, 5) is 6.17. The number of hydrogen-bond donors (Lipinski definition) is 1. The number of aromatic nitrogens is 1. The number of halogens is 1. The Hall–Kier alpha value is -1.16. The summed E-state index contributed by atoms with van der Waals surface area (Å²) in [6, 6.07) is 3.05. The highest BCUT2D eigenvalue weighted by molar-refractivity contribution is 5.48. The Bertz CT molecular complexity index is 399. The normalized spacial score (nSPS) is 28.5. The van der Waals surface area contributed by atoms with E-state index in [2.05, 4.69) is 15.2 Å². The molecule has 16 heavy (non-hydrogen) atoms. The number of anilines is 1. The molecule has 3 aliphatic rings. The van der Waals surface area contributed by atoms with E-state index in [0.29, 0.717) is 17.6 Å². The lowest BCUT2D eigenvalue weighted by molar-refractivity contribution is 0.290. The van der Waals surface area contributed by atoms with Gasteiger partial charge in [0.25, 0.3) is 0 Å². The smallest absolute Gasteiger partial charge is 0.215 e. The lowest BCUT2D eigenvalue weighted by Gasteiger charge is -2.47. The summed E-state index contributed by atoms with van der Waals surface area (Å²) in [5.41, 5.74) is 1.70. The van der Waals surface area contributed by atoms with Crippen LogP contribution in [0.15, 0.2) is 12.3 Å². The summed E-state index contributed by atoms with van der Waals surface area (Å²) < 4.78 is 13.1. The molecule has 0 unspecified atom stereocenters. The van der Waals surface area contributed by atoms with Crippen molar-refractivity contribution in [1.29, 1.82) is 0 Å². The number of aryl methyl sites for hydroxylation is 1. The van der Waals surface area contributed by atoms with Crippen LogP contribution in [0, 0.1) is 12.9 Å². The largest absolute Gasteiger partial charge is 0.364 e. The SMILES string of the molecule is Cc1cc(N2C[C@H]3CC[C@@H]2CN3)cnc1F. The fraction of sp³-hybridized carbons (Fsp3) is 0.583. The van der Waals surface area contributed by atoms with Gasteiger partial charge >= 0.3 is 0 Å². The van der Waals surface area contributed by atoms with Crippen LogP contribution in [-0.4, -0.2) is 30.2 Å². The van der Waals surface area contributed by atoms with Crippen LogP contribution in [-0.2, 0) is 0 Å². The van der Waals surface area contributed by atoms with Gasteiger partial charge in [-0.25, -0.2) is 4.98 Å². The monoisotopic (exact) mass is 221 g/mol. The van der Waals surface area contributed by atoms with E-state index >= 15 is 0 Å². The second-order valence-corrected chi connectivity index (χ2v) is 4.79. The lowest BCUT2D eigenvalue weighted by Crippen LogP contribution is -2.61. The van der Waals surface area contributed by atoms with Crippen LogP contribution in [0.4, 0.5) is 10.1 Å². The average Bonchev–Trinajstić information content (AvgIpc) is 2.34. The van der Waals surface area contributed by atoms with Gasteiger partial charge in [-0.05, 0) is 25.8 Å². The van der Waals surface area contributed by atoms with Gasteiger partial charge in [-0.2, -0.15) is 4.39 Å². The fourth-order valence-electron chi connectivity index (χ4n) is 2.73. The topological polar surface area (TPSA) is 28.2 Å². The van der Waals surface area contributed by atoms with Gasteiger partial charge in [0.15, 0.2) is 0 Å². The second-order valence-electron chi connectivity index (χ2n) is 4.79. The molecule has 2 bridgehead atoms. The van der Waals surface area contributed by atoms with Crippen molar-refractivity contribution in [2.45, 2.75) is 31.8 Å². The summed E-state index contributed by atoms with van der Waals surface area (Å²) in [6.07, 6.45) is 4.14. The van der Waals surface area contributed by atoms with E-state index in [1.807, 2.05) is 6.07 Å². The molecule has 0 aromatic carbocycles. The Morgan fingerprint density at radius 3 is 2.94 bits per heavy atom. The van der Waals surface area contributed by atoms with Gasteiger partial charge in [0.1, 0.15) is 0 Å². The lowest BCUT2D eigenvalue weighted by atomic mass is 9.92. The number of piperidine rings is 2. The number of nitrogens with one attached hydrogen (secondary N) is 1. The molecule has 0 radical (unpaired) electrons. The summed E-state index contributed by atoms with van der Waals surface area (Å²) in [7, 11) is 0. The van der Waals surface area contributed by atoms with E-state index in [4.69, 9.17) is 0 Å². The van der Waals surface area contributed by atoms with Crippen molar-refractivity contribution in [2.24, 2.45) is 0 Å². The quantitative estimate of drug-likeness (QED) is 0.728. The predicted molar refractivity (Wildman–Crippen MR) is 61.1 cm³/mol. The minimum atomic E-state index is -0.357. The van der Waals surface area contributed by atoms with Crippen LogP contribution < -0.4 is 10.2 Å². The molecule has 86 valence electrons. The van der Waals surface area contributed by atoms with E-state index in [1.165, 1.54) is 12.8 Å². The molecule has 1 N–H and O–H groups in total. The molecule has 3 fully saturated rings. The Morgan fingerprint density at radius 1 is 1.50 bits per heavy atom. The zero-order chi connectivity index (χ0) is 11.1. The van der Waals surface area contributed by atoms with Crippen molar-refractivity contribution >= 4 is 5.69 Å². The van der Waals surface area contributed by atoms with E-state index in [1.54, 1.807) is 13.1 Å². The van der Waals surface area contributed by atoms with Gasteiger partial charge < -0.3 is 10.2 Å². The number of rotatable bonds is 1. The molecule has 1 aromatic heterocycles. The second kappa shape index (κ2) is 3.70. The van der Waals surface area contributed by atoms with Crippen LogP contribution in [0.2, 0.25) is 0 Å². The summed E-state index contributed by atoms with van der Waals surface area (Å²) >= 11 is 0. The Kier molecular flexibility index (Phi) is 2.32. The molecular weight excluding hydrogens is 205 g/mol. The molecule has 4 rings (SSSR count). The average molecular weight is 221 g/mol. The summed E-state index contributed by atoms with van der Waals surface area (Å²) in [5, 5.41) is 3.51. The van der Waals surface area contributed by atoms with E-state index in [-0.39, 0.29) is 5.95 Å². The molecule has 3 nitrogen and oxygen atoms in total. The zero-order valence-electron chi connectivity index (χ0n) is 9.41. The third-order valence-corrected chi connectivity index (χ3v) is 3.68. The number of hydrogen-bond acceptors (Lipinski definition) is 3. The molecule has 4 heteroatoms. The highest BCUT2D eigenvalue weighted by atomic mass is 19.1. The first kappa shape index (κ1) is 10.0. The van der Waals surface area contributed by atoms with Gasteiger partial charge in [-0.1, -0.05) is 0 Å². The van der Waals surface area contributed by atoms with E-state index in [0.717, 1.165) is 18.8 Å². The van der Waals surface area contributed by atoms with Gasteiger partial charge in [0.2, 0.25) is 5.95 Å². The van der Waals surface area contributed by atoms with Crippen LogP contribution in [0.3, 0.4) is 0 Å². The van der Waals surface area contributed by atoms with E-state index in [9.17, 15) is 4.39 Å². The first-order valence-electron chi connectivity index (χ1n) is 5.86. The highest BCUT2D eigenvalue weighted by Gasteiger charge is 2.33. The van der Waals surface area contributed by atoms with Crippen molar-refractivity contribution in [3.05, 3.63) is 23.8 Å². The first-order chi connectivity index (χ1) is 7.74. The van der Waals surface area contributed by atoms with Crippen molar-refractivity contribution in [2.75, 3.05) is 18.0 Å². The zero-order valence-corrected chi connectivity index (χ0v) is 9.41. The molecule has 0 saturated carbocycles. The van der Waals surface area contributed by atoms with Crippen LogP contribution in [0.25, 0.3) is 0 Å². The standard InChI is InChI=1S/C12H16FN3/c1-8-4-11(6-15-12(8)13)16-7-9-2-3-10(16)5-14-9/h4,6,9-10,14H,2-3,5,7H2,1H3/t9-,10-/m1/s1. The van der Waals surface area contributed by atoms with Gasteiger partial charge in [0, 0.05) is 30.7 Å². The number of fused-ring (bicyclic) bond motifs is 3. The molecule has 4 heterocycles. The van der Waals surface area contributed by atoms with Crippen molar-refractivity contribution in [3.63, 3.8) is 0 Å². The van der Waals surface area contributed by atoms with Crippen molar-refractivity contribution in [3.8, 4) is 0 Å². The third-order valence-electron chi connectivity index (χ3n) is 3.68. The number of pyridine rings is 1. The van der Waals surface area contributed by atoms with Crippen molar-refractivity contribution in [1.82, 2.24) is 10.3 Å². The number of piperazine rings is 1. The molecule has 0 amide bonds. The molecule has 0 aliphatic carbocycles. The fourth-order valence-corrected chi connectivity index (χ4v) is 2.73. The predicted octanol–water partition coefficient (Wildman–Crippen LogP) is 1.47. The third kappa shape index (κ3) is 1.57. The van der Waals surface area contributed by atoms with Crippen molar-refractivity contribution < 1.29 is 4.39 Å². The number of nitrogens with zero attached hydrogens (tertiary/aromatic N) is 2. The molecule has 3 saturated heterocycles.